The Kier molecular flexibility index (Phi) is 2.60. The fraction of sp³-hybridized carbons (Fsp3) is 0.133. The predicted octanol–water partition coefficient (Wildman–Crippen LogP) is 3.44. The molecule has 2 aromatic carbocycles. The summed E-state index contributed by atoms with van der Waals surface area (Å²) < 4.78 is 0. The average molecular weight is 258 g/mol. The summed E-state index contributed by atoms with van der Waals surface area (Å²) in [6.07, 6.45) is 0.801. The van der Waals surface area contributed by atoms with Gasteiger partial charge in [-0.25, -0.2) is 0 Å². The Hall–Kier alpha value is -1.80. The molecule has 1 atom stereocenters. The van der Waals surface area contributed by atoms with Crippen molar-refractivity contribution < 1.29 is 4.79 Å². The van der Waals surface area contributed by atoms with Crippen LogP contribution < -0.4 is 5.73 Å². The molecule has 3 rings (SSSR count). The summed E-state index contributed by atoms with van der Waals surface area (Å²) in [5.74, 6) is 0.0287. The molecule has 90 valence electrons. The van der Waals surface area contributed by atoms with E-state index in [2.05, 4.69) is 6.07 Å². The van der Waals surface area contributed by atoms with Crippen LogP contribution >= 0.6 is 11.6 Å². The number of hydrogen-bond acceptors (Lipinski definition) is 2. The van der Waals surface area contributed by atoms with Gasteiger partial charge in [0.1, 0.15) is 0 Å². The minimum absolute atomic E-state index is 0.0534. The molecule has 0 fully saturated rings. The number of carbonyl (C=O) groups is 1. The SMILES string of the molecule is Nc1ccc(C(=O)C2Cc3ccccc32)c(Cl)c1. The van der Waals surface area contributed by atoms with E-state index in [-0.39, 0.29) is 11.7 Å². The van der Waals surface area contributed by atoms with Crippen molar-refractivity contribution in [2.45, 2.75) is 12.3 Å². The molecule has 0 aromatic heterocycles. The van der Waals surface area contributed by atoms with Gasteiger partial charge in [-0.05, 0) is 35.7 Å². The van der Waals surface area contributed by atoms with Crippen molar-refractivity contribution in [2.75, 3.05) is 5.73 Å². The van der Waals surface area contributed by atoms with E-state index < -0.39 is 0 Å². The Morgan fingerprint density at radius 1 is 1.22 bits per heavy atom. The van der Waals surface area contributed by atoms with Crippen molar-refractivity contribution >= 4 is 23.1 Å². The van der Waals surface area contributed by atoms with Gasteiger partial charge in [0.2, 0.25) is 0 Å². The summed E-state index contributed by atoms with van der Waals surface area (Å²) in [6, 6.07) is 13.1. The third-order valence-electron chi connectivity index (χ3n) is 3.43. The lowest BCUT2D eigenvalue weighted by atomic mass is 9.74. The molecule has 0 saturated carbocycles. The smallest absolute Gasteiger partial charge is 0.172 e. The van der Waals surface area contributed by atoms with Crippen molar-refractivity contribution in [2.24, 2.45) is 0 Å². The molecule has 1 aliphatic carbocycles. The van der Waals surface area contributed by atoms with Gasteiger partial charge < -0.3 is 5.73 Å². The number of hydrogen-bond donors (Lipinski definition) is 1. The van der Waals surface area contributed by atoms with Gasteiger partial charge in [-0.1, -0.05) is 35.9 Å². The second-order valence-corrected chi connectivity index (χ2v) is 4.97. The lowest BCUT2D eigenvalue weighted by Gasteiger charge is -2.29. The third-order valence-corrected chi connectivity index (χ3v) is 3.74. The number of rotatable bonds is 2. The van der Waals surface area contributed by atoms with Gasteiger partial charge in [0.15, 0.2) is 5.78 Å². The Morgan fingerprint density at radius 3 is 2.72 bits per heavy atom. The Bertz CT molecular complexity index is 636. The van der Waals surface area contributed by atoms with Gasteiger partial charge in [0.05, 0.1) is 10.9 Å². The van der Waals surface area contributed by atoms with Crippen LogP contribution in [0, 0.1) is 0 Å². The van der Waals surface area contributed by atoms with E-state index in [0.29, 0.717) is 16.3 Å². The quantitative estimate of drug-likeness (QED) is 0.661. The summed E-state index contributed by atoms with van der Waals surface area (Å²) in [4.78, 5) is 12.4. The van der Waals surface area contributed by atoms with Crippen LogP contribution in [0.2, 0.25) is 5.02 Å². The second kappa shape index (κ2) is 4.14. The number of ketones is 1. The molecule has 0 amide bonds. The maximum atomic E-state index is 12.4. The van der Waals surface area contributed by atoms with Crippen LogP contribution in [0.3, 0.4) is 0 Å². The second-order valence-electron chi connectivity index (χ2n) is 4.56. The molecule has 2 nitrogen and oxygen atoms in total. The van der Waals surface area contributed by atoms with Crippen molar-refractivity contribution in [1.82, 2.24) is 0 Å². The fourth-order valence-electron chi connectivity index (χ4n) is 2.41. The topological polar surface area (TPSA) is 43.1 Å². The van der Waals surface area contributed by atoms with E-state index in [4.69, 9.17) is 17.3 Å². The zero-order valence-corrected chi connectivity index (χ0v) is 10.4. The van der Waals surface area contributed by atoms with Gasteiger partial charge in [-0.3, -0.25) is 4.79 Å². The summed E-state index contributed by atoms with van der Waals surface area (Å²) >= 11 is 6.08. The third kappa shape index (κ3) is 1.70. The Balaban J connectivity index is 1.94. The highest BCUT2D eigenvalue weighted by Crippen LogP contribution is 2.38. The molecule has 3 heteroatoms. The number of Topliss-reactive ketones (excluding diaryl/α,β-unsaturated/α-hetero) is 1. The minimum atomic E-state index is -0.0534. The minimum Gasteiger partial charge on any atom is -0.399 e. The zero-order valence-electron chi connectivity index (χ0n) is 9.69. The van der Waals surface area contributed by atoms with E-state index in [0.717, 1.165) is 12.0 Å². The molecule has 0 spiro atoms. The number of anilines is 1. The van der Waals surface area contributed by atoms with Crippen molar-refractivity contribution in [3.8, 4) is 0 Å². The van der Waals surface area contributed by atoms with Crippen LogP contribution in [0.5, 0.6) is 0 Å². The number of halogens is 1. The average Bonchev–Trinajstić information content (AvgIpc) is 2.30. The molecule has 1 aliphatic rings. The monoisotopic (exact) mass is 257 g/mol. The van der Waals surface area contributed by atoms with Crippen LogP contribution in [0.1, 0.15) is 27.4 Å². The van der Waals surface area contributed by atoms with Crippen LogP contribution in [0.4, 0.5) is 5.69 Å². The van der Waals surface area contributed by atoms with Crippen LogP contribution in [-0.4, -0.2) is 5.78 Å². The molecular weight excluding hydrogens is 246 g/mol. The molecule has 0 aliphatic heterocycles. The number of nitrogens with two attached hydrogens (primary N) is 1. The van der Waals surface area contributed by atoms with Gasteiger partial charge in [-0.2, -0.15) is 0 Å². The van der Waals surface area contributed by atoms with E-state index in [1.54, 1.807) is 18.2 Å². The first-order chi connectivity index (χ1) is 8.66. The standard InChI is InChI=1S/C15H12ClNO/c16-14-8-10(17)5-6-12(14)15(18)13-7-9-3-1-2-4-11(9)13/h1-6,8,13H,7,17H2. The largest absolute Gasteiger partial charge is 0.399 e. The molecule has 2 N–H and O–H groups in total. The highest BCUT2D eigenvalue weighted by molar-refractivity contribution is 6.34. The van der Waals surface area contributed by atoms with Gasteiger partial charge in [-0.15, -0.1) is 0 Å². The summed E-state index contributed by atoms with van der Waals surface area (Å²) in [6.45, 7) is 0. The van der Waals surface area contributed by atoms with Crippen molar-refractivity contribution in [3.05, 3.63) is 64.2 Å². The van der Waals surface area contributed by atoms with Crippen LogP contribution in [-0.2, 0) is 6.42 Å². The van der Waals surface area contributed by atoms with E-state index >= 15 is 0 Å². The maximum Gasteiger partial charge on any atom is 0.172 e. The van der Waals surface area contributed by atoms with Gasteiger partial charge >= 0.3 is 0 Å². The molecule has 0 radical (unpaired) electrons. The highest BCUT2D eigenvalue weighted by atomic mass is 35.5. The summed E-state index contributed by atoms with van der Waals surface area (Å²) in [7, 11) is 0. The van der Waals surface area contributed by atoms with Crippen molar-refractivity contribution in [1.29, 1.82) is 0 Å². The lowest BCUT2D eigenvalue weighted by molar-refractivity contribution is 0.0949. The van der Waals surface area contributed by atoms with Gasteiger partial charge in [0.25, 0.3) is 0 Å². The van der Waals surface area contributed by atoms with Crippen molar-refractivity contribution in [3.63, 3.8) is 0 Å². The Labute approximate surface area is 110 Å². The predicted molar refractivity (Wildman–Crippen MR) is 73.1 cm³/mol. The van der Waals surface area contributed by atoms with E-state index in [1.165, 1.54) is 5.56 Å². The molecule has 2 aromatic rings. The first-order valence-corrected chi connectivity index (χ1v) is 6.21. The molecule has 1 unspecified atom stereocenters. The number of carbonyl (C=O) groups excluding carboxylic acids is 1. The fourth-order valence-corrected chi connectivity index (χ4v) is 2.69. The molecule has 0 saturated heterocycles. The first-order valence-electron chi connectivity index (χ1n) is 5.84. The molecule has 18 heavy (non-hydrogen) atoms. The lowest BCUT2D eigenvalue weighted by Crippen LogP contribution is -2.25. The van der Waals surface area contributed by atoms with Crippen LogP contribution in [0.25, 0.3) is 0 Å². The normalized spacial score (nSPS) is 16.8. The number of benzene rings is 2. The molecule has 0 heterocycles. The maximum absolute atomic E-state index is 12.4. The van der Waals surface area contributed by atoms with E-state index in [9.17, 15) is 4.79 Å². The molecule has 0 bridgehead atoms. The zero-order chi connectivity index (χ0) is 12.7. The number of nitrogen functional groups attached to an aromatic ring is 1. The Morgan fingerprint density at radius 2 is 2.00 bits per heavy atom. The summed E-state index contributed by atoms with van der Waals surface area (Å²) in [5, 5.41) is 0.435. The van der Waals surface area contributed by atoms with Gasteiger partial charge in [0, 0.05) is 11.3 Å². The first kappa shape index (κ1) is 11.3. The van der Waals surface area contributed by atoms with Crippen LogP contribution in [0.15, 0.2) is 42.5 Å². The number of fused-ring (bicyclic) bond motifs is 1. The molecular formula is C15H12ClNO. The highest BCUT2D eigenvalue weighted by Gasteiger charge is 2.32. The summed E-state index contributed by atoms with van der Waals surface area (Å²) in [5.41, 5.74) is 9.14. The van der Waals surface area contributed by atoms with E-state index in [1.807, 2.05) is 18.2 Å².